The number of alkyl halides is 3. The number of aliphatic hydroxyl groups excluding tert-OH is 1. The van der Waals surface area contributed by atoms with Gasteiger partial charge in [-0.05, 0) is 36.6 Å². The van der Waals surface area contributed by atoms with E-state index in [1.807, 2.05) is 0 Å². The first-order valence-electron chi connectivity index (χ1n) is 6.50. The molecule has 2 N–H and O–H groups in total. The number of hydrogen-bond donors (Lipinski definition) is 2. The van der Waals surface area contributed by atoms with Gasteiger partial charge >= 0.3 is 6.18 Å². The summed E-state index contributed by atoms with van der Waals surface area (Å²) in [6, 6.07) is 4.33. The molecule has 2 unspecified atom stereocenters. The van der Waals surface area contributed by atoms with E-state index < -0.39 is 11.7 Å². The molecule has 1 aromatic rings. The highest BCUT2D eigenvalue weighted by atomic mass is 19.4. The third-order valence-corrected chi connectivity index (χ3v) is 3.18. The number of halogens is 3. The Morgan fingerprint density at radius 2 is 1.86 bits per heavy atom. The van der Waals surface area contributed by atoms with Crippen LogP contribution in [0.3, 0.4) is 0 Å². The van der Waals surface area contributed by atoms with Crippen LogP contribution in [-0.4, -0.2) is 23.7 Å². The monoisotopic (exact) mass is 301 g/mol. The van der Waals surface area contributed by atoms with E-state index >= 15 is 0 Å². The van der Waals surface area contributed by atoms with Crippen molar-refractivity contribution in [2.75, 3.05) is 6.61 Å². The van der Waals surface area contributed by atoms with Crippen LogP contribution in [0, 0.1) is 5.92 Å². The van der Waals surface area contributed by atoms with Crippen molar-refractivity contribution in [1.29, 1.82) is 0 Å². The van der Waals surface area contributed by atoms with E-state index in [-0.39, 0.29) is 24.5 Å². The van der Waals surface area contributed by atoms with Gasteiger partial charge in [-0.2, -0.15) is 13.2 Å². The maximum Gasteiger partial charge on any atom is 0.416 e. The molecule has 0 aromatic heterocycles. The summed E-state index contributed by atoms with van der Waals surface area (Å²) in [5.41, 5.74) is -0.226. The number of aliphatic hydroxyl groups is 1. The van der Waals surface area contributed by atoms with E-state index in [1.54, 1.807) is 13.8 Å². The fourth-order valence-electron chi connectivity index (χ4n) is 1.53. The normalized spacial score (nSPS) is 15.0. The average molecular weight is 301 g/mol. The van der Waals surface area contributed by atoms with Crippen molar-refractivity contribution in [3.8, 4) is 0 Å². The first-order valence-corrected chi connectivity index (χ1v) is 6.50. The lowest BCUT2D eigenvalue weighted by Gasteiger charge is -2.18. The molecule has 1 aromatic carbocycles. The molecule has 0 aliphatic carbocycles. The molecule has 0 aliphatic rings. The Labute approximate surface area is 121 Å². The van der Waals surface area contributed by atoms with Gasteiger partial charge in [-0.1, -0.05) is 19.1 Å². The topological polar surface area (TPSA) is 49.3 Å². The smallest absolute Gasteiger partial charge is 0.396 e. The molecular weight excluding hydrogens is 283 g/mol. The summed E-state index contributed by atoms with van der Waals surface area (Å²) in [4.78, 5) is 11.6. The highest BCUT2D eigenvalue weighted by molar-refractivity contribution is 5.91. The van der Waals surface area contributed by atoms with Crippen LogP contribution in [0.15, 0.2) is 30.3 Å². The number of rotatable bonds is 5. The minimum atomic E-state index is -4.37. The summed E-state index contributed by atoms with van der Waals surface area (Å²) in [6.07, 6.45) is -1.68. The van der Waals surface area contributed by atoms with Gasteiger partial charge in [0.05, 0.1) is 5.56 Å². The molecule has 1 rings (SSSR count). The van der Waals surface area contributed by atoms with Gasteiger partial charge in [0.25, 0.3) is 0 Å². The Morgan fingerprint density at radius 1 is 1.29 bits per heavy atom. The Balaban J connectivity index is 2.62. The predicted molar refractivity (Wildman–Crippen MR) is 74.3 cm³/mol. The molecule has 0 fully saturated rings. The Hall–Kier alpha value is -1.82. The predicted octanol–water partition coefficient (Wildman–Crippen LogP) is 2.85. The van der Waals surface area contributed by atoms with Gasteiger partial charge < -0.3 is 10.4 Å². The van der Waals surface area contributed by atoms with Gasteiger partial charge in [0.15, 0.2) is 0 Å². The molecular formula is C15H18F3NO2. The van der Waals surface area contributed by atoms with E-state index in [0.717, 1.165) is 12.1 Å². The maximum atomic E-state index is 12.4. The van der Waals surface area contributed by atoms with E-state index in [0.29, 0.717) is 5.56 Å². The van der Waals surface area contributed by atoms with Crippen molar-refractivity contribution in [1.82, 2.24) is 5.32 Å². The van der Waals surface area contributed by atoms with Gasteiger partial charge in [-0.3, -0.25) is 4.79 Å². The van der Waals surface area contributed by atoms with Crippen LogP contribution < -0.4 is 5.32 Å². The third kappa shape index (κ3) is 5.59. The molecule has 21 heavy (non-hydrogen) atoms. The van der Waals surface area contributed by atoms with Gasteiger partial charge in [-0.15, -0.1) is 0 Å². The van der Waals surface area contributed by atoms with Crippen molar-refractivity contribution < 1.29 is 23.1 Å². The number of nitrogens with one attached hydrogen (secondary N) is 1. The number of benzene rings is 1. The summed E-state index contributed by atoms with van der Waals surface area (Å²) in [5.74, 6) is -0.434. The molecule has 1 amide bonds. The number of amides is 1. The fourth-order valence-corrected chi connectivity index (χ4v) is 1.53. The molecule has 0 saturated carbocycles. The van der Waals surface area contributed by atoms with Gasteiger partial charge in [-0.25, -0.2) is 0 Å². The van der Waals surface area contributed by atoms with Crippen molar-refractivity contribution in [2.45, 2.75) is 26.1 Å². The summed E-state index contributed by atoms with van der Waals surface area (Å²) < 4.78 is 37.2. The maximum absolute atomic E-state index is 12.4. The first-order chi connectivity index (χ1) is 9.74. The van der Waals surface area contributed by atoms with Crippen LogP contribution in [0.25, 0.3) is 6.08 Å². The number of hydrogen-bond acceptors (Lipinski definition) is 2. The molecule has 0 heterocycles. The molecule has 2 atom stereocenters. The largest absolute Gasteiger partial charge is 0.416 e. The van der Waals surface area contributed by atoms with E-state index in [1.165, 1.54) is 24.3 Å². The fraction of sp³-hybridized carbons (Fsp3) is 0.400. The van der Waals surface area contributed by atoms with E-state index in [4.69, 9.17) is 5.11 Å². The van der Waals surface area contributed by atoms with Crippen LogP contribution >= 0.6 is 0 Å². The minimum Gasteiger partial charge on any atom is -0.396 e. The Kier molecular flexibility index (Phi) is 5.96. The highest BCUT2D eigenvalue weighted by Crippen LogP contribution is 2.29. The van der Waals surface area contributed by atoms with Crippen LogP contribution in [0.5, 0.6) is 0 Å². The lowest BCUT2D eigenvalue weighted by molar-refractivity contribution is -0.137. The van der Waals surface area contributed by atoms with Crippen LogP contribution in [0.1, 0.15) is 25.0 Å². The van der Waals surface area contributed by atoms with Crippen LogP contribution in [0.2, 0.25) is 0 Å². The summed E-state index contributed by atoms with van der Waals surface area (Å²) in [5, 5.41) is 11.6. The van der Waals surface area contributed by atoms with Crippen molar-refractivity contribution in [3.63, 3.8) is 0 Å². The summed E-state index contributed by atoms with van der Waals surface area (Å²) in [6.45, 7) is 3.53. The van der Waals surface area contributed by atoms with Gasteiger partial charge in [0.1, 0.15) is 0 Å². The molecule has 6 heteroatoms. The van der Waals surface area contributed by atoms with Gasteiger partial charge in [0.2, 0.25) is 5.91 Å². The summed E-state index contributed by atoms with van der Waals surface area (Å²) >= 11 is 0. The lowest BCUT2D eigenvalue weighted by Crippen LogP contribution is -2.37. The van der Waals surface area contributed by atoms with Crippen molar-refractivity contribution in [3.05, 3.63) is 41.5 Å². The van der Waals surface area contributed by atoms with Crippen molar-refractivity contribution in [2.24, 2.45) is 5.92 Å². The molecule has 0 aliphatic heterocycles. The zero-order valence-electron chi connectivity index (χ0n) is 11.8. The Morgan fingerprint density at radius 3 is 2.33 bits per heavy atom. The van der Waals surface area contributed by atoms with Crippen LogP contribution in [0.4, 0.5) is 13.2 Å². The molecule has 0 spiro atoms. The Bertz CT molecular complexity index is 495. The van der Waals surface area contributed by atoms with E-state index in [2.05, 4.69) is 5.32 Å². The van der Waals surface area contributed by atoms with Gasteiger partial charge in [0, 0.05) is 18.7 Å². The van der Waals surface area contributed by atoms with E-state index in [9.17, 15) is 18.0 Å². The second kappa shape index (κ2) is 7.26. The molecule has 0 radical (unpaired) electrons. The second-order valence-corrected chi connectivity index (χ2v) is 4.91. The zero-order valence-corrected chi connectivity index (χ0v) is 11.8. The summed E-state index contributed by atoms with van der Waals surface area (Å²) in [7, 11) is 0. The quantitative estimate of drug-likeness (QED) is 0.822. The minimum absolute atomic E-state index is 0.0376. The number of carbonyl (C=O) groups is 1. The molecule has 0 saturated heterocycles. The standard InChI is InChI=1S/C15H18F3NO2/c1-10(9-20)11(2)19-14(21)8-5-12-3-6-13(7-4-12)15(16,17)18/h3-8,10-11,20H,9H2,1-2H3,(H,19,21)/b8-5+. The molecule has 3 nitrogen and oxygen atoms in total. The zero-order chi connectivity index (χ0) is 16.0. The highest BCUT2D eigenvalue weighted by Gasteiger charge is 2.29. The second-order valence-electron chi connectivity index (χ2n) is 4.91. The van der Waals surface area contributed by atoms with Crippen molar-refractivity contribution >= 4 is 12.0 Å². The lowest BCUT2D eigenvalue weighted by atomic mass is 10.1. The first kappa shape index (κ1) is 17.2. The molecule has 116 valence electrons. The third-order valence-electron chi connectivity index (χ3n) is 3.18. The number of carbonyl (C=O) groups excluding carboxylic acids is 1. The average Bonchev–Trinajstić information content (AvgIpc) is 2.43. The molecule has 0 bridgehead atoms. The van der Waals surface area contributed by atoms with Crippen LogP contribution in [-0.2, 0) is 11.0 Å². The SMILES string of the molecule is CC(CO)C(C)NC(=O)/C=C/c1ccc(C(F)(F)F)cc1.